The molecule has 0 radical (unpaired) electrons. The topological polar surface area (TPSA) is 64.4 Å². The number of rotatable bonds is 6. The van der Waals surface area contributed by atoms with Gasteiger partial charge in [-0.15, -0.1) is 0 Å². The van der Waals surface area contributed by atoms with E-state index in [1.165, 1.54) is 0 Å². The lowest BCUT2D eigenvalue weighted by Gasteiger charge is -2.10. The molecule has 1 heterocycles. The lowest BCUT2D eigenvalue weighted by atomic mass is 10.1. The Morgan fingerprint density at radius 1 is 1.24 bits per heavy atom. The first-order valence-corrected chi connectivity index (χ1v) is 8.42. The number of benzene rings is 2. The highest BCUT2D eigenvalue weighted by Gasteiger charge is 2.12. The Hall–Kier alpha value is -2.82. The van der Waals surface area contributed by atoms with Gasteiger partial charge in [-0.2, -0.15) is 0 Å². The number of ether oxygens (including phenoxy) is 1. The van der Waals surface area contributed by atoms with Crippen LogP contribution in [-0.4, -0.2) is 24.0 Å². The molecule has 0 saturated carbocycles. The number of amides is 1. The third-order valence-electron chi connectivity index (χ3n) is 4.20. The lowest BCUT2D eigenvalue weighted by Crippen LogP contribution is -2.31. The number of methoxy groups -OCH3 is 1. The predicted octanol–water partition coefficient (Wildman–Crippen LogP) is 3.96. The van der Waals surface area contributed by atoms with Gasteiger partial charge in [-0.3, -0.25) is 4.79 Å². The molecule has 5 nitrogen and oxygen atoms in total. The molecule has 130 valence electrons. The average Bonchev–Trinajstić information content (AvgIpc) is 3.03. The zero-order valence-corrected chi connectivity index (χ0v) is 14.7. The van der Waals surface area contributed by atoms with Crippen molar-refractivity contribution in [3.63, 3.8) is 0 Å². The van der Waals surface area contributed by atoms with Gasteiger partial charge < -0.3 is 14.5 Å². The smallest absolute Gasteiger partial charge is 0.251 e. The van der Waals surface area contributed by atoms with Gasteiger partial charge in [0.25, 0.3) is 5.91 Å². The van der Waals surface area contributed by atoms with E-state index >= 15 is 0 Å². The fourth-order valence-corrected chi connectivity index (χ4v) is 2.52. The molecule has 3 aromatic rings. The normalized spacial score (nSPS) is 12.1. The van der Waals surface area contributed by atoms with Gasteiger partial charge in [0.05, 0.1) is 7.11 Å². The van der Waals surface area contributed by atoms with Gasteiger partial charge >= 0.3 is 0 Å². The molecule has 25 heavy (non-hydrogen) atoms. The SMILES string of the molecule is CCC(C)NC(=O)c1ccc2nc(Cc3ccc(OC)cc3)oc2c1. The molecule has 1 amide bonds. The summed E-state index contributed by atoms with van der Waals surface area (Å²) in [5.74, 6) is 1.35. The average molecular weight is 338 g/mol. The Kier molecular flexibility index (Phi) is 5.03. The van der Waals surface area contributed by atoms with Crippen LogP contribution in [0.3, 0.4) is 0 Å². The van der Waals surface area contributed by atoms with Gasteiger partial charge in [0, 0.05) is 18.0 Å². The van der Waals surface area contributed by atoms with E-state index in [9.17, 15) is 4.79 Å². The molecule has 0 aliphatic heterocycles. The van der Waals surface area contributed by atoms with Crippen LogP contribution in [0.25, 0.3) is 11.1 Å². The summed E-state index contributed by atoms with van der Waals surface area (Å²) in [7, 11) is 1.64. The lowest BCUT2D eigenvalue weighted by molar-refractivity contribution is 0.0939. The van der Waals surface area contributed by atoms with Crippen molar-refractivity contribution in [1.29, 1.82) is 0 Å². The molecule has 0 aliphatic rings. The van der Waals surface area contributed by atoms with Crippen LogP contribution in [0.1, 0.15) is 42.1 Å². The molecule has 5 heteroatoms. The van der Waals surface area contributed by atoms with Crippen LogP contribution in [0, 0.1) is 0 Å². The predicted molar refractivity (Wildman–Crippen MR) is 97.0 cm³/mol. The molecule has 0 fully saturated rings. The number of hydrogen-bond donors (Lipinski definition) is 1. The van der Waals surface area contributed by atoms with Crippen LogP contribution in [-0.2, 0) is 6.42 Å². The van der Waals surface area contributed by atoms with Crippen LogP contribution in [0.2, 0.25) is 0 Å². The van der Waals surface area contributed by atoms with Crippen molar-refractivity contribution in [2.75, 3.05) is 7.11 Å². The second-order valence-electron chi connectivity index (χ2n) is 6.10. The largest absolute Gasteiger partial charge is 0.497 e. The monoisotopic (exact) mass is 338 g/mol. The van der Waals surface area contributed by atoms with E-state index < -0.39 is 0 Å². The standard InChI is InChI=1S/C20H22N2O3/c1-4-13(2)21-20(23)15-7-10-17-18(12-15)25-19(22-17)11-14-5-8-16(24-3)9-6-14/h5-10,12-13H,4,11H2,1-3H3,(H,21,23). The maximum atomic E-state index is 12.2. The van der Waals surface area contributed by atoms with Crippen molar-refractivity contribution >= 4 is 17.0 Å². The number of oxazole rings is 1. The summed E-state index contributed by atoms with van der Waals surface area (Å²) in [6.07, 6.45) is 1.48. The summed E-state index contributed by atoms with van der Waals surface area (Å²) < 4.78 is 11.0. The molecule has 2 aromatic carbocycles. The minimum Gasteiger partial charge on any atom is -0.497 e. The van der Waals surface area contributed by atoms with E-state index in [2.05, 4.69) is 10.3 Å². The number of fused-ring (bicyclic) bond motifs is 1. The minimum absolute atomic E-state index is 0.0932. The van der Waals surface area contributed by atoms with Gasteiger partial charge in [-0.25, -0.2) is 4.98 Å². The number of carbonyl (C=O) groups excluding carboxylic acids is 1. The zero-order valence-electron chi connectivity index (χ0n) is 14.7. The fourth-order valence-electron chi connectivity index (χ4n) is 2.52. The number of hydrogen-bond acceptors (Lipinski definition) is 4. The molecule has 0 spiro atoms. The number of nitrogens with zero attached hydrogens (tertiary/aromatic N) is 1. The molecular formula is C20H22N2O3. The molecule has 0 aliphatic carbocycles. The van der Waals surface area contributed by atoms with Gasteiger partial charge in [-0.05, 0) is 49.2 Å². The summed E-state index contributed by atoms with van der Waals surface area (Å²) in [6, 6.07) is 13.3. The Balaban J connectivity index is 1.78. The second kappa shape index (κ2) is 7.38. The number of carbonyl (C=O) groups is 1. The van der Waals surface area contributed by atoms with E-state index in [0.717, 1.165) is 23.3 Å². The summed E-state index contributed by atoms with van der Waals surface area (Å²) in [6.45, 7) is 4.02. The second-order valence-corrected chi connectivity index (χ2v) is 6.10. The van der Waals surface area contributed by atoms with E-state index in [1.807, 2.05) is 44.2 Å². The molecule has 1 atom stereocenters. The molecule has 0 saturated heterocycles. The molecule has 3 rings (SSSR count). The quantitative estimate of drug-likeness (QED) is 0.739. The first kappa shape index (κ1) is 17.0. The third-order valence-corrected chi connectivity index (χ3v) is 4.20. The van der Waals surface area contributed by atoms with Gasteiger partial charge in [0.15, 0.2) is 11.5 Å². The van der Waals surface area contributed by atoms with Gasteiger partial charge in [0.1, 0.15) is 11.3 Å². The van der Waals surface area contributed by atoms with Crippen LogP contribution in [0.15, 0.2) is 46.9 Å². The zero-order chi connectivity index (χ0) is 17.8. The van der Waals surface area contributed by atoms with Crippen LogP contribution < -0.4 is 10.1 Å². The van der Waals surface area contributed by atoms with Crippen molar-refractivity contribution in [2.24, 2.45) is 0 Å². The van der Waals surface area contributed by atoms with Crippen LogP contribution >= 0.6 is 0 Å². The maximum Gasteiger partial charge on any atom is 0.251 e. The van der Waals surface area contributed by atoms with E-state index in [4.69, 9.17) is 9.15 Å². The summed E-state index contributed by atoms with van der Waals surface area (Å²) >= 11 is 0. The molecule has 1 unspecified atom stereocenters. The number of nitrogens with one attached hydrogen (secondary N) is 1. The van der Waals surface area contributed by atoms with Crippen molar-refractivity contribution < 1.29 is 13.9 Å². The summed E-state index contributed by atoms with van der Waals surface area (Å²) in [5, 5.41) is 2.96. The highest BCUT2D eigenvalue weighted by Crippen LogP contribution is 2.20. The summed E-state index contributed by atoms with van der Waals surface area (Å²) in [5.41, 5.74) is 3.05. The first-order valence-electron chi connectivity index (χ1n) is 8.42. The number of aromatic nitrogens is 1. The van der Waals surface area contributed by atoms with Crippen molar-refractivity contribution in [1.82, 2.24) is 10.3 Å². The van der Waals surface area contributed by atoms with E-state index in [-0.39, 0.29) is 11.9 Å². The van der Waals surface area contributed by atoms with Gasteiger partial charge in [0.2, 0.25) is 0 Å². The van der Waals surface area contributed by atoms with Gasteiger partial charge in [-0.1, -0.05) is 19.1 Å². The minimum atomic E-state index is -0.0932. The Morgan fingerprint density at radius 3 is 2.68 bits per heavy atom. The first-order chi connectivity index (χ1) is 12.1. The fraction of sp³-hybridized carbons (Fsp3) is 0.300. The van der Waals surface area contributed by atoms with E-state index in [0.29, 0.717) is 23.5 Å². The molecule has 0 bridgehead atoms. The highest BCUT2D eigenvalue weighted by atomic mass is 16.5. The highest BCUT2D eigenvalue weighted by molar-refractivity contribution is 5.97. The molecule has 1 N–H and O–H groups in total. The molecular weight excluding hydrogens is 316 g/mol. The van der Waals surface area contributed by atoms with Crippen molar-refractivity contribution in [3.05, 3.63) is 59.5 Å². The van der Waals surface area contributed by atoms with E-state index in [1.54, 1.807) is 19.2 Å². The van der Waals surface area contributed by atoms with Crippen molar-refractivity contribution in [3.8, 4) is 5.75 Å². The Labute approximate surface area is 147 Å². The van der Waals surface area contributed by atoms with Crippen molar-refractivity contribution in [2.45, 2.75) is 32.7 Å². The maximum absolute atomic E-state index is 12.2. The third kappa shape index (κ3) is 3.99. The Bertz CT molecular complexity index is 868. The summed E-state index contributed by atoms with van der Waals surface area (Å²) in [4.78, 5) is 16.7. The Morgan fingerprint density at radius 2 is 2.00 bits per heavy atom. The molecule has 1 aromatic heterocycles. The van der Waals surface area contributed by atoms with Crippen LogP contribution in [0.5, 0.6) is 5.75 Å². The van der Waals surface area contributed by atoms with Crippen LogP contribution in [0.4, 0.5) is 0 Å².